The van der Waals surface area contributed by atoms with E-state index in [-0.39, 0.29) is 24.6 Å². The van der Waals surface area contributed by atoms with Crippen LogP contribution in [0.15, 0.2) is 77.8 Å². The van der Waals surface area contributed by atoms with E-state index in [1.165, 1.54) is 5.56 Å². The normalized spacial score (nSPS) is 19.3. The molecule has 3 aromatic rings. The molecular weight excluding hydrogens is 468 g/mol. The highest BCUT2D eigenvalue weighted by molar-refractivity contribution is 7.80. The lowest BCUT2D eigenvalue weighted by Crippen LogP contribution is -2.52. The Kier molecular flexibility index (Phi) is 8.69. The Bertz CT molecular complexity index is 1130. The second-order valence-electron chi connectivity index (χ2n) is 8.31. The first-order valence-electron chi connectivity index (χ1n) is 11.3. The maximum Gasteiger partial charge on any atom is 0.270 e. The zero-order valence-electron chi connectivity index (χ0n) is 19.3. The molecule has 0 spiro atoms. The van der Waals surface area contributed by atoms with Crippen LogP contribution in [0, 0.1) is 6.92 Å². The lowest BCUT2D eigenvalue weighted by Gasteiger charge is -2.37. The first-order valence-corrected chi connectivity index (χ1v) is 12.4. The largest absolute Gasteiger partial charge is 0.348 e. The quantitative estimate of drug-likeness (QED) is 0.387. The molecule has 4 rings (SSSR count). The number of amides is 1. The van der Waals surface area contributed by atoms with Crippen molar-refractivity contribution in [2.75, 3.05) is 13.2 Å². The van der Waals surface area contributed by atoms with Gasteiger partial charge in [-0.25, -0.2) is 4.21 Å². The van der Waals surface area contributed by atoms with Crippen LogP contribution in [0.25, 0.3) is 11.1 Å². The van der Waals surface area contributed by atoms with Gasteiger partial charge in [-0.2, -0.15) is 9.35 Å². The summed E-state index contributed by atoms with van der Waals surface area (Å²) in [5.74, 6) is -0.262. The highest BCUT2D eigenvalue weighted by atomic mass is 32.2. The van der Waals surface area contributed by atoms with Gasteiger partial charge >= 0.3 is 0 Å². The number of hydroxylamine groups is 2. The molecule has 2 heterocycles. The van der Waals surface area contributed by atoms with E-state index in [4.69, 9.17) is 14.3 Å². The summed E-state index contributed by atoms with van der Waals surface area (Å²) in [6, 6.07) is 20.2. The van der Waals surface area contributed by atoms with Gasteiger partial charge in [0.05, 0.1) is 17.5 Å². The summed E-state index contributed by atoms with van der Waals surface area (Å²) in [4.78, 5) is 22.0. The maximum atomic E-state index is 12.9. The summed E-state index contributed by atoms with van der Waals surface area (Å²) in [7, 11) is 0. The molecule has 3 N–H and O–H groups in total. The van der Waals surface area contributed by atoms with Crippen molar-refractivity contribution in [1.29, 1.82) is 0 Å². The second-order valence-corrected chi connectivity index (χ2v) is 9.40. The fraction of sp³-hybridized carbons (Fsp3) is 0.280. The average molecular weight is 497 g/mol. The molecule has 9 nitrogen and oxygen atoms in total. The second kappa shape index (κ2) is 12.1. The summed E-state index contributed by atoms with van der Waals surface area (Å²) < 4.78 is 18.7. The number of benzene rings is 2. The molecule has 3 atom stereocenters. The summed E-state index contributed by atoms with van der Waals surface area (Å²) in [5.41, 5.74) is 5.31. The van der Waals surface area contributed by atoms with Crippen LogP contribution in [-0.4, -0.2) is 50.6 Å². The third-order valence-corrected chi connectivity index (χ3v) is 6.81. The topological polar surface area (TPSA) is 113 Å². The van der Waals surface area contributed by atoms with Gasteiger partial charge in [0.15, 0.2) is 0 Å². The van der Waals surface area contributed by atoms with E-state index in [1.807, 2.05) is 31.2 Å². The van der Waals surface area contributed by atoms with E-state index in [0.29, 0.717) is 30.0 Å². The molecule has 184 valence electrons. The van der Waals surface area contributed by atoms with Crippen LogP contribution in [0.4, 0.5) is 0 Å². The Hall–Kier alpha value is -2.99. The van der Waals surface area contributed by atoms with Gasteiger partial charge < -0.3 is 5.32 Å². The lowest BCUT2D eigenvalue weighted by atomic mass is 9.99. The number of rotatable bonds is 9. The number of aromatic nitrogens is 1. The summed E-state index contributed by atoms with van der Waals surface area (Å²) >= 11 is -1.74. The average Bonchev–Trinajstić information content (AvgIpc) is 2.89. The summed E-state index contributed by atoms with van der Waals surface area (Å²) in [5, 5.41) is 13.4. The van der Waals surface area contributed by atoms with E-state index in [0.717, 1.165) is 11.1 Å². The predicted octanol–water partition coefficient (Wildman–Crippen LogP) is 3.18. The van der Waals surface area contributed by atoms with Gasteiger partial charge in [0.2, 0.25) is 11.1 Å². The fourth-order valence-corrected chi connectivity index (χ4v) is 4.75. The minimum absolute atomic E-state index is 0.0655. The van der Waals surface area contributed by atoms with Gasteiger partial charge in [-0.05, 0) is 55.2 Å². The van der Waals surface area contributed by atoms with Crippen molar-refractivity contribution >= 4 is 17.0 Å². The number of aryl methyl sites for hydroxylation is 1. The van der Waals surface area contributed by atoms with E-state index >= 15 is 0 Å². The van der Waals surface area contributed by atoms with Crippen LogP contribution in [0.3, 0.4) is 0 Å². The third-order valence-electron chi connectivity index (χ3n) is 5.83. The smallest absolute Gasteiger partial charge is 0.270 e. The molecule has 0 radical (unpaired) electrons. The number of pyridine rings is 1. The van der Waals surface area contributed by atoms with Crippen molar-refractivity contribution in [2.24, 2.45) is 0 Å². The minimum Gasteiger partial charge on any atom is -0.348 e. The van der Waals surface area contributed by atoms with Gasteiger partial charge in [0.1, 0.15) is 5.69 Å². The number of hydrogen-bond donors (Lipinski definition) is 3. The van der Waals surface area contributed by atoms with E-state index < -0.39 is 11.1 Å². The number of piperidine rings is 1. The van der Waals surface area contributed by atoms with Crippen molar-refractivity contribution in [3.63, 3.8) is 0 Å². The number of hydrogen-bond acceptors (Lipinski definition) is 8. The first-order chi connectivity index (χ1) is 17.0. The van der Waals surface area contributed by atoms with Crippen molar-refractivity contribution in [2.45, 2.75) is 36.7 Å². The Morgan fingerprint density at radius 2 is 1.83 bits per heavy atom. The van der Waals surface area contributed by atoms with E-state index in [2.05, 4.69) is 22.4 Å². The molecule has 1 fully saturated rings. The van der Waals surface area contributed by atoms with Crippen molar-refractivity contribution in [1.82, 2.24) is 21.0 Å². The van der Waals surface area contributed by atoms with Crippen LogP contribution in [0.2, 0.25) is 0 Å². The van der Waals surface area contributed by atoms with Gasteiger partial charge in [0, 0.05) is 18.8 Å². The first kappa shape index (κ1) is 25.1. The minimum atomic E-state index is -1.74. The molecule has 1 amide bonds. The van der Waals surface area contributed by atoms with E-state index in [9.17, 15) is 9.00 Å². The fourth-order valence-electron chi connectivity index (χ4n) is 3.93. The summed E-state index contributed by atoms with van der Waals surface area (Å²) in [6.45, 7) is 2.52. The lowest BCUT2D eigenvalue weighted by molar-refractivity contribution is -0.179. The standard InChI is InChI=1S/C25H28N4O5S/c1-18-5-7-19(8-6-18)20-9-11-23(12-10-20)35(32)34-29-15-13-21(16-22(29)17-33-28-31)27-25(30)24-4-2-3-14-26-24/h2-12,14,21-22,28,31H,13,15-17H2,1H3,(H,27,30). The molecule has 0 saturated carbocycles. The SMILES string of the molecule is Cc1ccc(-c2ccc(S(=O)ON3CCC(NC(=O)c4ccccn4)CC3CONO)cc2)cc1. The zero-order valence-corrected chi connectivity index (χ0v) is 20.1. The summed E-state index contributed by atoms with van der Waals surface area (Å²) in [6.07, 6.45) is 2.63. The van der Waals surface area contributed by atoms with Gasteiger partial charge in [-0.1, -0.05) is 53.7 Å². The Labute approximate surface area is 206 Å². The Morgan fingerprint density at radius 3 is 2.49 bits per heavy atom. The molecular formula is C25H28N4O5S. The Morgan fingerprint density at radius 1 is 1.11 bits per heavy atom. The molecule has 1 aliphatic rings. The zero-order chi connectivity index (χ0) is 24.6. The molecule has 10 heteroatoms. The number of nitrogens with zero attached hydrogens (tertiary/aromatic N) is 2. The van der Waals surface area contributed by atoms with Crippen LogP contribution < -0.4 is 11.0 Å². The van der Waals surface area contributed by atoms with Crippen LogP contribution in [-0.2, 0) is 20.2 Å². The van der Waals surface area contributed by atoms with Crippen molar-refractivity contribution < 1.29 is 23.3 Å². The van der Waals surface area contributed by atoms with Gasteiger partial charge in [-0.3, -0.25) is 19.8 Å². The highest BCUT2D eigenvalue weighted by Gasteiger charge is 2.32. The molecule has 3 unspecified atom stereocenters. The van der Waals surface area contributed by atoms with Gasteiger partial charge in [-0.15, -0.1) is 0 Å². The maximum absolute atomic E-state index is 12.9. The monoisotopic (exact) mass is 496 g/mol. The molecule has 0 aliphatic carbocycles. The van der Waals surface area contributed by atoms with Crippen molar-refractivity contribution in [3.05, 3.63) is 84.2 Å². The molecule has 35 heavy (non-hydrogen) atoms. The highest BCUT2D eigenvalue weighted by Crippen LogP contribution is 2.24. The number of carbonyl (C=O) groups is 1. The van der Waals surface area contributed by atoms with Crippen LogP contribution in [0.5, 0.6) is 0 Å². The molecule has 1 aliphatic heterocycles. The molecule has 2 aromatic carbocycles. The Balaban J connectivity index is 1.37. The van der Waals surface area contributed by atoms with Crippen LogP contribution >= 0.6 is 0 Å². The predicted molar refractivity (Wildman–Crippen MR) is 130 cm³/mol. The van der Waals surface area contributed by atoms with Gasteiger partial charge in [0.25, 0.3) is 5.91 Å². The number of nitrogens with one attached hydrogen (secondary N) is 2. The number of carbonyl (C=O) groups excluding carboxylic acids is 1. The van der Waals surface area contributed by atoms with E-state index in [1.54, 1.807) is 47.2 Å². The van der Waals surface area contributed by atoms with Crippen molar-refractivity contribution in [3.8, 4) is 11.1 Å². The molecule has 1 saturated heterocycles. The molecule has 1 aromatic heterocycles. The molecule has 0 bridgehead atoms. The third kappa shape index (κ3) is 6.79. The van der Waals surface area contributed by atoms with Crippen LogP contribution in [0.1, 0.15) is 28.9 Å².